The van der Waals surface area contributed by atoms with Crippen molar-refractivity contribution >= 4 is 23.4 Å². The number of amides is 1. The van der Waals surface area contributed by atoms with Gasteiger partial charge in [0.2, 0.25) is 5.91 Å². The predicted molar refractivity (Wildman–Crippen MR) is 103 cm³/mol. The summed E-state index contributed by atoms with van der Waals surface area (Å²) in [6.45, 7) is 3.81. The average molecular weight is 352 g/mol. The molecule has 0 saturated carbocycles. The molecule has 0 radical (unpaired) electrons. The van der Waals surface area contributed by atoms with Crippen LogP contribution in [0.1, 0.15) is 17.0 Å². The Kier molecular flexibility index (Phi) is 5.56. The molecular weight excluding hydrogens is 332 g/mol. The minimum Gasteiger partial charge on any atom is -0.361 e. The summed E-state index contributed by atoms with van der Waals surface area (Å²) < 4.78 is 5.13. The van der Waals surface area contributed by atoms with Gasteiger partial charge in [-0.1, -0.05) is 47.6 Å². The van der Waals surface area contributed by atoms with E-state index < -0.39 is 0 Å². The number of hydrogen-bond donors (Lipinski definition) is 1. The highest BCUT2D eigenvalue weighted by molar-refractivity contribution is 7.99. The third-order valence-electron chi connectivity index (χ3n) is 3.94. The molecule has 25 heavy (non-hydrogen) atoms. The standard InChI is InChI=1S/C20H20N2O2S/c1-14-19(15(2)24-22-14)12-25-13-20(23)21-18-10-8-17(9-11-18)16-6-4-3-5-7-16/h3-11H,12-13H2,1-2H3,(H,21,23). The second-order valence-electron chi connectivity index (χ2n) is 5.79. The number of benzene rings is 2. The highest BCUT2D eigenvalue weighted by atomic mass is 32.2. The number of nitrogens with zero attached hydrogens (tertiary/aromatic N) is 1. The summed E-state index contributed by atoms with van der Waals surface area (Å²) in [5, 5.41) is 6.86. The van der Waals surface area contributed by atoms with E-state index in [9.17, 15) is 4.79 Å². The van der Waals surface area contributed by atoms with Gasteiger partial charge in [0.1, 0.15) is 5.76 Å². The maximum absolute atomic E-state index is 12.1. The Hall–Kier alpha value is -2.53. The summed E-state index contributed by atoms with van der Waals surface area (Å²) in [5.41, 5.74) is 5.07. The van der Waals surface area contributed by atoms with E-state index in [4.69, 9.17) is 4.52 Å². The molecule has 0 aliphatic heterocycles. The third kappa shape index (κ3) is 4.51. The maximum Gasteiger partial charge on any atom is 0.234 e. The first kappa shape index (κ1) is 17.3. The van der Waals surface area contributed by atoms with Gasteiger partial charge in [-0.15, -0.1) is 11.8 Å². The lowest BCUT2D eigenvalue weighted by Crippen LogP contribution is -2.14. The molecule has 0 spiro atoms. The van der Waals surface area contributed by atoms with Gasteiger partial charge >= 0.3 is 0 Å². The molecule has 0 atom stereocenters. The molecular formula is C20H20N2O2S. The normalized spacial score (nSPS) is 10.6. The minimum absolute atomic E-state index is 0.00998. The number of aromatic nitrogens is 1. The van der Waals surface area contributed by atoms with Crippen LogP contribution < -0.4 is 5.32 Å². The molecule has 3 rings (SSSR count). The van der Waals surface area contributed by atoms with Crippen molar-refractivity contribution in [2.24, 2.45) is 0 Å². The van der Waals surface area contributed by atoms with Crippen molar-refractivity contribution in [3.05, 3.63) is 71.6 Å². The molecule has 0 saturated heterocycles. The summed E-state index contributed by atoms with van der Waals surface area (Å²) in [4.78, 5) is 12.1. The zero-order valence-corrected chi connectivity index (χ0v) is 15.1. The molecule has 0 aliphatic carbocycles. The first-order valence-corrected chi connectivity index (χ1v) is 9.24. The number of nitrogens with one attached hydrogen (secondary N) is 1. The third-order valence-corrected chi connectivity index (χ3v) is 4.90. The number of thioether (sulfide) groups is 1. The van der Waals surface area contributed by atoms with Crippen molar-refractivity contribution in [1.82, 2.24) is 5.16 Å². The molecule has 0 aliphatic rings. The zero-order valence-electron chi connectivity index (χ0n) is 14.3. The van der Waals surface area contributed by atoms with Gasteiger partial charge in [-0.3, -0.25) is 4.79 Å². The van der Waals surface area contributed by atoms with Gasteiger partial charge in [0, 0.05) is 17.0 Å². The van der Waals surface area contributed by atoms with Gasteiger partial charge in [-0.05, 0) is 37.1 Å². The predicted octanol–water partition coefficient (Wildman–Crippen LogP) is 4.83. The van der Waals surface area contributed by atoms with Crippen molar-refractivity contribution in [3.63, 3.8) is 0 Å². The average Bonchev–Trinajstić information content (AvgIpc) is 2.95. The van der Waals surface area contributed by atoms with E-state index >= 15 is 0 Å². The van der Waals surface area contributed by atoms with Gasteiger partial charge in [-0.2, -0.15) is 0 Å². The van der Waals surface area contributed by atoms with E-state index in [1.165, 1.54) is 0 Å². The van der Waals surface area contributed by atoms with Crippen molar-refractivity contribution in [2.75, 3.05) is 11.1 Å². The first-order chi connectivity index (χ1) is 12.1. The lowest BCUT2D eigenvalue weighted by Gasteiger charge is -2.07. The fraction of sp³-hybridized carbons (Fsp3) is 0.200. The van der Waals surface area contributed by atoms with Gasteiger partial charge in [0.25, 0.3) is 0 Å². The van der Waals surface area contributed by atoms with Gasteiger partial charge in [0.05, 0.1) is 11.4 Å². The van der Waals surface area contributed by atoms with Crippen LogP contribution in [0.2, 0.25) is 0 Å². The number of carbonyl (C=O) groups excluding carboxylic acids is 1. The smallest absolute Gasteiger partial charge is 0.234 e. The summed E-state index contributed by atoms with van der Waals surface area (Å²) in [5.74, 6) is 1.93. The van der Waals surface area contributed by atoms with E-state index in [-0.39, 0.29) is 5.91 Å². The molecule has 128 valence electrons. The van der Waals surface area contributed by atoms with Crippen molar-refractivity contribution in [1.29, 1.82) is 0 Å². The number of hydrogen-bond acceptors (Lipinski definition) is 4. The number of anilines is 1. The Bertz CT molecular complexity index is 822. The largest absolute Gasteiger partial charge is 0.361 e. The van der Waals surface area contributed by atoms with E-state index in [1.807, 2.05) is 56.3 Å². The molecule has 1 N–H and O–H groups in total. The summed E-state index contributed by atoms with van der Waals surface area (Å²) >= 11 is 1.55. The molecule has 1 amide bonds. The van der Waals surface area contributed by atoms with Gasteiger partial charge in [-0.25, -0.2) is 0 Å². The van der Waals surface area contributed by atoms with Crippen LogP contribution in [-0.2, 0) is 10.5 Å². The van der Waals surface area contributed by atoms with Crippen LogP contribution in [0.3, 0.4) is 0 Å². The molecule has 0 fully saturated rings. The lowest BCUT2D eigenvalue weighted by atomic mass is 10.1. The van der Waals surface area contributed by atoms with Crippen molar-refractivity contribution < 1.29 is 9.32 Å². The maximum atomic E-state index is 12.1. The Morgan fingerprint density at radius 2 is 1.72 bits per heavy atom. The van der Waals surface area contributed by atoms with E-state index in [2.05, 4.69) is 22.6 Å². The van der Waals surface area contributed by atoms with Crippen LogP contribution in [0.15, 0.2) is 59.1 Å². The lowest BCUT2D eigenvalue weighted by molar-refractivity contribution is -0.113. The van der Waals surface area contributed by atoms with Crippen LogP contribution in [0, 0.1) is 13.8 Å². The molecule has 0 bridgehead atoms. The first-order valence-electron chi connectivity index (χ1n) is 8.08. The Morgan fingerprint density at radius 1 is 1.04 bits per heavy atom. The highest BCUT2D eigenvalue weighted by Gasteiger charge is 2.10. The Balaban J connectivity index is 1.51. The molecule has 3 aromatic rings. The molecule has 4 nitrogen and oxygen atoms in total. The van der Waals surface area contributed by atoms with E-state index in [1.54, 1.807) is 11.8 Å². The zero-order chi connectivity index (χ0) is 17.6. The highest BCUT2D eigenvalue weighted by Crippen LogP contribution is 2.22. The van der Waals surface area contributed by atoms with Crippen LogP contribution >= 0.6 is 11.8 Å². The van der Waals surface area contributed by atoms with Crippen LogP contribution in [-0.4, -0.2) is 16.8 Å². The van der Waals surface area contributed by atoms with Gasteiger partial charge in [0.15, 0.2) is 0 Å². The second-order valence-corrected chi connectivity index (χ2v) is 6.77. The van der Waals surface area contributed by atoms with Crippen LogP contribution in [0.4, 0.5) is 5.69 Å². The topological polar surface area (TPSA) is 55.1 Å². The molecule has 1 aromatic heterocycles. The fourth-order valence-corrected chi connectivity index (χ4v) is 3.50. The molecule has 2 aromatic carbocycles. The summed E-state index contributed by atoms with van der Waals surface area (Å²) in [6, 6.07) is 18.1. The van der Waals surface area contributed by atoms with Crippen molar-refractivity contribution in [3.8, 4) is 11.1 Å². The summed E-state index contributed by atoms with van der Waals surface area (Å²) in [6.07, 6.45) is 0. The minimum atomic E-state index is -0.00998. The molecule has 5 heteroatoms. The van der Waals surface area contributed by atoms with Gasteiger partial charge < -0.3 is 9.84 Å². The monoisotopic (exact) mass is 352 g/mol. The van der Waals surface area contributed by atoms with E-state index in [0.717, 1.165) is 39.6 Å². The number of rotatable bonds is 6. The van der Waals surface area contributed by atoms with Crippen LogP contribution in [0.25, 0.3) is 11.1 Å². The summed E-state index contributed by atoms with van der Waals surface area (Å²) in [7, 11) is 0. The number of carbonyl (C=O) groups is 1. The second kappa shape index (κ2) is 8.03. The van der Waals surface area contributed by atoms with Crippen LogP contribution in [0.5, 0.6) is 0 Å². The van der Waals surface area contributed by atoms with E-state index in [0.29, 0.717) is 5.75 Å². The Morgan fingerprint density at radius 3 is 2.36 bits per heavy atom. The van der Waals surface area contributed by atoms with Crippen molar-refractivity contribution in [2.45, 2.75) is 19.6 Å². The quantitative estimate of drug-likeness (QED) is 0.690. The fourth-order valence-electron chi connectivity index (χ4n) is 2.53. The number of aryl methyl sites for hydroxylation is 2. The SMILES string of the molecule is Cc1noc(C)c1CSCC(=O)Nc1ccc(-c2ccccc2)cc1. The Labute approximate surface area is 151 Å². The molecule has 1 heterocycles. The molecule has 0 unspecified atom stereocenters.